The Bertz CT molecular complexity index is 262. The molecule has 1 aliphatic rings. The summed E-state index contributed by atoms with van der Waals surface area (Å²) in [5.41, 5.74) is 8.22. The van der Waals surface area contributed by atoms with Crippen LogP contribution in [0.25, 0.3) is 10.4 Å². The van der Waals surface area contributed by atoms with Crippen LogP contribution in [0.15, 0.2) is 5.11 Å². The molecule has 1 N–H and O–H groups in total. The van der Waals surface area contributed by atoms with E-state index in [0.717, 1.165) is 0 Å². The number of rotatable bonds is 5. The third-order valence-corrected chi connectivity index (χ3v) is 2.16. The molecular weight excluding hydrogens is 202 g/mol. The van der Waals surface area contributed by atoms with Gasteiger partial charge in [-0.1, -0.05) is 5.11 Å². The molecule has 0 aliphatic carbocycles. The second-order valence-electron chi connectivity index (χ2n) is 3.02. The summed E-state index contributed by atoms with van der Waals surface area (Å²) in [6, 6.07) is 0. The van der Waals surface area contributed by atoms with E-state index in [2.05, 4.69) is 10.0 Å². The van der Waals surface area contributed by atoms with Crippen molar-refractivity contribution < 1.29 is 20.7 Å². The van der Waals surface area contributed by atoms with Gasteiger partial charge in [-0.15, -0.1) is 0 Å². The number of hydrogen-bond acceptors (Lipinski definition) is 5. The summed E-state index contributed by atoms with van der Waals surface area (Å²) in [4.78, 5) is 2.62. The molecule has 0 spiro atoms. The van der Waals surface area contributed by atoms with Crippen molar-refractivity contribution in [2.24, 2.45) is 5.11 Å². The molecule has 1 rings (SSSR count). The highest BCUT2D eigenvalue weighted by atomic mass is 16.7. The minimum Gasteiger partial charge on any atom is -0.385 e. The molecule has 1 fully saturated rings. The van der Waals surface area contributed by atoms with E-state index in [1.54, 1.807) is 0 Å². The summed E-state index contributed by atoms with van der Waals surface area (Å²) < 4.78 is 22.5. The maximum Gasteiger partial charge on any atom is 0.186 e. The van der Waals surface area contributed by atoms with Gasteiger partial charge >= 0.3 is 0 Å². The zero-order valence-electron chi connectivity index (χ0n) is 9.44. The normalized spacial score (nSPS) is 36.0. The largest absolute Gasteiger partial charge is 0.385 e. The van der Waals surface area contributed by atoms with Gasteiger partial charge in [-0.25, -0.2) is 0 Å². The van der Waals surface area contributed by atoms with E-state index >= 15 is 0 Å². The van der Waals surface area contributed by atoms with Gasteiger partial charge in [0.2, 0.25) is 0 Å². The zero-order chi connectivity index (χ0) is 12.0. The molecule has 1 saturated heterocycles. The Morgan fingerprint density at radius 1 is 1.73 bits per heavy atom. The van der Waals surface area contributed by atoms with Gasteiger partial charge in [0.05, 0.1) is 12.6 Å². The van der Waals surface area contributed by atoms with Crippen LogP contribution in [0.2, 0.25) is 0 Å². The molecule has 7 nitrogen and oxygen atoms in total. The fourth-order valence-corrected chi connectivity index (χ4v) is 1.51. The van der Waals surface area contributed by atoms with Gasteiger partial charge in [0, 0.05) is 20.0 Å². The van der Waals surface area contributed by atoms with Gasteiger partial charge in [0.15, 0.2) is 6.29 Å². The lowest BCUT2D eigenvalue weighted by Crippen LogP contribution is -2.36. The van der Waals surface area contributed by atoms with Crippen LogP contribution < -0.4 is 0 Å². The number of methoxy groups -OCH3 is 1. The molecule has 0 amide bonds. The quantitative estimate of drug-likeness (QED) is 0.411. The van der Waals surface area contributed by atoms with Crippen molar-refractivity contribution in [3.8, 4) is 0 Å². The summed E-state index contributed by atoms with van der Waals surface area (Å²) >= 11 is 0. The number of ether oxygens (including phenoxy) is 3. The standard InChI is InChI=1S/C8H15N3O4/c1-3-14-7-5(4-10-11-9)15-8(13-2)6(7)12/h5-8,12H,3-4H2,1-2H3/t5-,6-,7+,8?/m1/s1/i1D. The first-order valence-electron chi connectivity index (χ1n) is 5.23. The summed E-state index contributed by atoms with van der Waals surface area (Å²) in [7, 11) is 1.41. The predicted octanol–water partition coefficient (Wildman–Crippen LogP) is 0.434. The van der Waals surface area contributed by atoms with Crippen LogP contribution >= 0.6 is 0 Å². The Kier molecular flexibility index (Phi) is 4.19. The SMILES string of the molecule is [2H]CCO[C@H]1[C@@H](CN=[N+]=[N-])OC(OC)[C@@H]1O. The second kappa shape index (κ2) is 5.89. The molecule has 1 heterocycles. The van der Waals surface area contributed by atoms with Gasteiger partial charge < -0.3 is 19.3 Å². The minimum absolute atomic E-state index is 0.0656. The fraction of sp³-hybridized carbons (Fsp3) is 1.00. The summed E-state index contributed by atoms with van der Waals surface area (Å²) in [5.74, 6) is 0. The monoisotopic (exact) mass is 218 g/mol. The summed E-state index contributed by atoms with van der Waals surface area (Å²) in [6.07, 6.45) is -2.88. The summed E-state index contributed by atoms with van der Waals surface area (Å²) in [5, 5.41) is 13.2. The third kappa shape index (κ3) is 2.80. The van der Waals surface area contributed by atoms with E-state index in [9.17, 15) is 5.11 Å². The van der Waals surface area contributed by atoms with E-state index < -0.39 is 24.6 Å². The maximum atomic E-state index is 9.77. The van der Waals surface area contributed by atoms with Gasteiger partial charge in [0.1, 0.15) is 12.2 Å². The van der Waals surface area contributed by atoms with E-state index in [1.165, 1.54) is 7.11 Å². The highest BCUT2D eigenvalue weighted by Crippen LogP contribution is 2.24. The third-order valence-electron chi connectivity index (χ3n) is 2.16. The van der Waals surface area contributed by atoms with Gasteiger partial charge in [-0.05, 0) is 12.4 Å². The van der Waals surface area contributed by atoms with Crippen LogP contribution in [0.4, 0.5) is 0 Å². The van der Waals surface area contributed by atoms with Gasteiger partial charge in [-0.3, -0.25) is 0 Å². The first-order valence-corrected chi connectivity index (χ1v) is 4.52. The number of hydrogen-bond donors (Lipinski definition) is 1. The molecule has 0 aromatic carbocycles. The van der Waals surface area contributed by atoms with Crippen molar-refractivity contribution in [2.75, 3.05) is 20.3 Å². The van der Waals surface area contributed by atoms with Crippen LogP contribution in [0, 0.1) is 0 Å². The van der Waals surface area contributed by atoms with Crippen molar-refractivity contribution in [1.82, 2.24) is 0 Å². The molecule has 15 heavy (non-hydrogen) atoms. The maximum absolute atomic E-state index is 9.77. The fourth-order valence-electron chi connectivity index (χ4n) is 1.51. The Balaban J connectivity index is 2.60. The number of aliphatic hydroxyl groups excluding tert-OH is 1. The molecule has 0 bridgehead atoms. The Morgan fingerprint density at radius 2 is 2.53 bits per heavy atom. The number of aliphatic hydroxyl groups is 1. The number of nitrogens with zero attached hydrogens (tertiary/aromatic N) is 3. The lowest BCUT2D eigenvalue weighted by Gasteiger charge is -2.18. The second-order valence-corrected chi connectivity index (χ2v) is 3.02. The Hall–Kier alpha value is -0.850. The van der Waals surface area contributed by atoms with Crippen molar-refractivity contribution >= 4 is 0 Å². The Morgan fingerprint density at radius 3 is 3.13 bits per heavy atom. The van der Waals surface area contributed by atoms with E-state index in [0.29, 0.717) is 0 Å². The van der Waals surface area contributed by atoms with Crippen LogP contribution in [-0.4, -0.2) is 50.0 Å². The zero-order valence-corrected chi connectivity index (χ0v) is 8.44. The van der Waals surface area contributed by atoms with E-state index in [4.69, 9.17) is 21.1 Å². The molecule has 1 unspecified atom stereocenters. The molecule has 0 radical (unpaired) electrons. The topological polar surface area (TPSA) is 96.7 Å². The van der Waals surface area contributed by atoms with Crippen molar-refractivity contribution in [1.29, 1.82) is 0 Å². The van der Waals surface area contributed by atoms with E-state index in [1.807, 2.05) is 0 Å². The highest BCUT2D eigenvalue weighted by molar-refractivity contribution is 4.89. The first kappa shape index (κ1) is 10.7. The van der Waals surface area contributed by atoms with Crippen molar-refractivity contribution in [2.45, 2.75) is 31.5 Å². The number of azide groups is 1. The highest BCUT2D eigenvalue weighted by Gasteiger charge is 2.44. The average molecular weight is 218 g/mol. The molecule has 0 aromatic rings. The molecule has 0 saturated carbocycles. The molecule has 0 aromatic heterocycles. The average Bonchev–Trinajstić information content (AvgIpc) is 2.60. The van der Waals surface area contributed by atoms with Gasteiger partial charge in [-0.2, -0.15) is 0 Å². The molecule has 86 valence electrons. The molecular formula is C8H15N3O4. The van der Waals surface area contributed by atoms with Crippen molar-refractivity contribution in [3.63, 3.8) is 0 Å². The lowest BCUT2D eigenvalue weighted by atomic mass is 10.1. The van der Waals surface area contributed by atoms with Crippen LogP contribution in [0.1, 0.15) is 8.27 Å². The predicted molar refractivity (Wildman–Crippen MR) is 51.1 cm³/mol. The van der Waals surface area contributed by atoms with Crippen LogP contribution in [0.5, 0.6) is 0 Å². The molecule has 7 heteroatoms. The van der Waals surface area contributed by atoms with Crippen LogP contribution in [-0.2, 0) is 14.2 Å². The van der Waals surface area contributed by atoms with Gasteiger partial charge in [0.25, 0.3) is 0 Å². The summed E-state index contributed by atoms with van der Waals surface area (Å²) in [6.45, 7) is 0.347. The van der Waals surface area contributed by atoms with Crippen molar-refractivity contribution in [3.05, 3.63) is 10.4 Å². The van der Waals surface area contributed by atoms with Crippen LogP contribution in [0.3, 0.4) is 0 Å². The lowest BCUT2D eigenvalue weighted by molar-refractivity contribution is -0.147. The molecule has 4 atom stereocenters. The smallest absolute Gasteiger partial charge is 0.186 e. The molecule has 1 aliphatic heterocycles. The van der Waals surface area contributed by atoms with E-state index in [-0.39, 0.29) is 20.1 Å². The Labute approximate surface area is 89.0 Å². The minimum atomic E-state index is -0.935. The first-order chi connectivity index (χ1) is 7.74.